The van der Waals surface area contributed by atoms with Gasteiger partial charge in [-0.1, -0.05) is 54.6 Å². The van der Waals surface area contributed by atoms with Crippen LogP contribution in [-0.4, -0.2) is 35.5 Å². The molecule has 3 aromatic carbocycles. The largest absolute Gasteiger partial charge is 0.448 e. The summed E-state index contributed by atoms with van der Waals surface area (Å²) in [4.78, 5) is 28.3. The van der Waals surface area contributed by atoms with E-state index in [0.717, 1.165) is 18.4 Å². The zero-order valence-corrected chi connectivity index (χ0v) is 19.7. The third-order valence-electron chi connectivity index (χ3n) is 8.12. The van der Waals surface area contributed by atoms with E-state index in [1.165, 1.54) is 34.4 Å². The lowest BCUT2D eigenvalue weighted by atomic mass is 9.84. The van der Waals surface area contributed by atoms with E-state index in [0.29, 0.717) is 25.0 Å². The van der Waals surface area contributed by atoms with Crippen molar-refractivity contribution in [1.29, 1.82) is 0 Å². The molecule has 2 heterocycles. The Morgan fingerprint density at radius 2 is 1.51 bits per heavy atom. The number of nitrogens with zero attached hydrogens (tertiary/aromatic N) is 1. The van der Waals surface area contributed by atoms with Gasteiger partial charge in [-0.15, -0.1) is 0 Å². The van der Waals surface area contributed by atoms with Crippen molar-refractivity contribution in [3.8, 4) is 11.1 Å². The Kier molecular flexibility index (Phi) is 5.43. The highest BCUT2D eigenvalue weighted by Gasteiger charge is 2.46. The molecule has 0 saturated carbocycles. The molecule has 0 spiro atoms. The molecule has 178 valence electrons. The Labute approximate surface area is 204 Å². The summed E-state index contributed by atoms with van der Waals surface area (Å²) in [6, 6.07) is 21.0. The normalized spacial score (nSPS) is 22.6. The number of piperidine rings is 1. The number of hydrogen-bond donors (Lipinski definition) is 0. The molecule has 0 N–H and O–H groups in total. The first kappa shape index (κ1) is 22.0. The van der Waals surface area contributed by atoms with Crippen LogP contribution in [-0.2, 0) is 4.74 Å². The van der Waals surface area contributed by atoms with E-state index in [2.05, 4.69) is 24.3 Å². The number of ether oxygens (including phenoxy) is 1. The molecule has 5 heteroatoms. The van der Waals surface area contributed by atoms with Crippen LogP contribution in [0.2, 0.25) is 0 Å². The van der Waals surface area contributed by atoms with E-state index in [-0.39, 0.29) is 35.8 Å². The first-order chi connectivity index (χ1) is 17.0. The summed E-state index contributed by atoms with van der Waals surface area (Å²) in [5.41, 5.74) is 6.05. The zero-order valence-electron chi connectivity index (χ0n) is 19.7. The summed E-state index contributed by atoms with van der Waals surface area (Å²) >= 11 is 0. The summed E-state index contributed by atoms with van der Waals surface area (Å²) in [5, 5.41) is 0. The first-order valence-electron chi connectivity index (χ1n) is 12.4. The molecule has 0 aromatic heterocycles. The smallest absolute Gasteiger partial charge is 0.410 e. The highest BCUT2D eigenvalue weighted by atomic mass is 19.1. The van der Waals surface area contributed by atoms with Crippen LogP contribution < -0.4 is 0 Å². The lowest BCUT2D eigenvalue weighted by molar-refractivity contribution is 0.0505. The molecule has 2 saturated heterocycles. The molecule has 1 aliphatic carbocycles. The summed E-state index contributed by atoms with van der Waals surface area (Å²) in [6.45, 7) is 2.14. The molecular weight excluding hydrogens is 441 g/mol. The Bertz CT molecular complexity index is 1260. The second kappa shape index (κ2) is 8.63. The third-order valence-corrected chi connectivity index (χ3v) is 8.12. The summed E-state index contributed by atoms with van der Waals surface area (Å²) in [5.74, 6) is -0.561. The predicted molar refractivity (Wildman–Crippen MR) is 132 cm³/mol. The predicted octanol–water partition coefficient (Wildman–Crippen LogP) is 6.51. The summed E-state index contributed by atoms with van der Waals surface area (Å²) in [6.07, 6.45) is 2.68. The monoisotopic (exact) mass is 469 g/mol. The Balaban J connectivity index is 1.15. The van der Waals surface area contributed by atoms with Crippen LogP contribution in [0.4, 0.5) is 9.18 Å². The van der Waals surface area contributed by atoms with E-state index >= 15 is 0 Å². The topological polar surface area (TPSA) is 46.6 Å². The summed E-state index contributed by atoms with van der Waals surface area (Å²) < 4.78 is 19.7. The van der Waals surface area contributed by atoms with Gasteiger partial charge in [0, 0.05) is 29.5 Å². The maximum atomic E-state index is 13.8. The van der Waals surface area contributed by atoms with Crippen LogP contribution in [0.5, 0.6) is 0 Å². The number of hydrogen-bond acceptors (Lipinski definition) is 3. The van der Waals surface area contributed by atoms with Crippen molar-refractivity contribution in [3.05, 3.63) is 94.8 Å². The van der Waals surface area contributed by atoms with Crippen LogP contribution in [0, 0.1) is 18.7 Å². The van der Waals surface area contributed by atoms with E-state index in [1.54, 1.807) is 6.07 Å². The lowest BCUT2D eigenvalue weighted by Gasteiger charge is -2.38. The second-order valence-electron chi connectivity index (χ2n) is 10.1. The number of benzene rings is 3. The fraction of sp³-hybridized carbons (Fsp3) is 0.333. The fourth-order valence-electron chi connectivity index (χ4n) is 6.44. The van der Waals surface area contributed by atoms with Crippen LogP contribution in [0.25, 0.3) is 11.1 Å². The van der Waals surface area contributed by atoms with Crippen LogP contribution in [0.15, 0.2) is 66.7 Å². The van der Waals surface area contributed by atoms with E-state index in [4.69, 9.17) is 4.74 Å². The van der Waals surface area contributed by atoms with Crippen molar-refractivity contribution in [3.63, 3.8) is 0 Å². The minimum absolute atomic E-state index is 0.00721. The number of rotatable bonds is 4. The van der Waals surface area contributed by atoms with Crippen LogP contribution in [0.3, 0.4) is 0 Å². The van der Waals surface area contributed by atoms with Gasteiger partial charge in [0.1, 0.15) is 12.4 Å². The van der Waals surface area contributed by atoms with E-state index in [9.17, 15) is 14.0 Å². The zero-order chi connectivity index (χ0) is 24.1. The molecule has 4 nitrogen and oxygen atoms in total. The molecule has 6 rings (SSSR count). The highest BCUT2D eigenvalue weighted by molar-refractivity contribution is 5.99. The van der Waals surface area contributed by atoms with Gasteiger partial charge in [0.25, 0.3) is 0 Å². The van der Waals surface area contributed by atoms with Crippen molar-refractivity contribution in [2.45, 2.75) is 50.6 Å². The van der Waals surface area contributed by atoms with Gasteiger partial charge < -0.3 is 9.64 Å². The quantitative estimate of drug-likeness (QED) is 0.409. The molecule has 2 bridgehead atoms. The summed E-state index contributed by atoms with van der Waals surface area (Å²) in [7, 11) is 0. The molecule has 3 aromatic rings. The Morgan fingerprint density at radius 1 is 0.914 bits per heavy atom. The van der Waals surface area contributed by atoms with Gasteiger partial charge in [0.15, 0.2) is 5.78 Å². The molecule has 0 radical (unpaired) electrons. The molecule has 2 aliphatic heterocycles. The number of amides is 1. The van der Waals surface area contributed by atoms with Crippen LogP contribution in [0.1, 0.15) is 58.6 Å². The lowest BCUT2D eigenvalue weighted by Crippen LogP contribution is -2.48. The van der Waals surface area contributed by atoms with Crippen molar-refractivity contribution in [2.75, 3.05) is 6.61 Å². The molecule has 3 aliphatic rings. The molecule has 1 amide bonds. The minimum Gasteiger partial charge on any atom is -0.448 e. The van der Waals surface area contributed by atoms with Gasteiger partial charge in [-0.3, -0.25) is 4.79 Å². The maximum Gasteiger partial charge on any atom is 0.410 e. The fourth-order valence-corrected chi connectivity index (χ4v) is 6.44. The first-order valence-corrected chi connectivity index (χ1v) is 12.4. The van der Waals surface area contributed by atoms with Crippen molar-refractivity contribution < 1.29 is 18.7 Å². The highest BCUT2D eigenvalue weighted by Crippen LogP contribution is 2.45. The van der Waals surface area contributed by atoms with Gasteiger partial charge in [-0.05, 0) is 72.6 Å². The number of carbonyl (C=O) groups is 2. The average Bonchev–Trinajstić information content (AvgIpc) is 3.34. The van der Waals surface area contributed by atoms with Crippen molar-refractivity contribution in [1.82, 2.24) is 4.90 Å². The maximum absolute atomic E-state index is 13.8. The van der Waals surface area contributed by atoms with E-state index < -0.39 is 5.82 Å². The van der Waals surface area contributed by atoms with Crippen molar-refractivity contribution >= 4 is 11.9 Å². The molecular formula is C30H28FNO3. The van der Waals surface area contributed by atoms with Gasteiger partial charge in [0.2, 0.25) is 0 Å². The third kappa shape index (κ3) is 3.74. The number of carbonyl (C=O) groups excluding carboxylic acids is 2. The van der Waals surface area contributed by atoms with E-state index in [1.807, 2.05) is 36.1 Å². The Morgan fingerprint density at radius 3 is 2.14 bits per heavy atom. The number of fused-ring (bicyclic) bond motifs is 5. The SMILES string of the molecule is Cc1ccc(F)cc1C(=O)C1CC2CCC(C1)N2C(=O)OCC1c2ccccc2-c2ccccc21. The molecule has 2 atom stereocenters. The minimum atomic E-state index is -0.391. The standard InChI is InChI=1S/C30H28FNO3/c1-18-10-11-20(31)16-27(18)29(33)19-14-21-12-13-22(15-19)32(21)30(34)35-17-28-25-8-4-2-6-23(25)24-7-3-5-9-26(24)28/h2-11,16,19,21-22,28H,12-15,17H2,1H3. The van der Waals surface area contributed by atoms with Gasteiger partial charge in [-0.2, -0.15) is 0 Å². The Hall–Kier alpha value is -3.47. The molecule has 35 heavy (non-hydrogen) atoms. The molecule has 2 unspecified atom stereocenters. The van der Waals surface area contributed by atoms with Crippen LogP contribution >= 0.6 is 0 Å². The number of Topliss-reactive ketones (excluding diaryl/α,β-unsaturated/α-hetero) is 1. The van der Waals surface area contributed by atoms with Gasteiger partial charge in [-0.25, -0.2) is 9.18 Å². The van der Waals surface area contributed by atoms with Gasteiger partial charge in [0.05, 0.1) is 0 Å². The number of aryl methyl sites for hydroxylation is 1. The molecule has 2 fully saturated rings. The number of ketones is 1. The average molecular weight is 470 g/mol. The second-order valence-corrected chi connectivity index (χ2v) is 10.1. The van der Waals surface area contributed by atoms with Gasteiger partial charge >= 0.3 is 6.09 Å². The van der Waals surface area contributed by atoms with Crippen molar-refractivity contribution in [2.24, 2.45) is 5.92 Å². The number of halogens is 1.